The summed E-state index contributed by atoms with van der Waals surface area (Å²) in [6.45, 7) is 1.57. The molecule has 0 radical (unpaired) electrons. The number of para-hydroxylation sites is 1. The number of carbonyl (C=O) groups is 1. The summed E-state index contributed by atoms with van der Waals surface area (Å²) in [5, 5.41) is 16.1. The number of pyridine rings is 1. The van der Waals surface area contributed by atoms with Gasteiger partial charge in [-0.25, -0.2) is 0 Å². The summed E-state index contributed by atoms with van der Waals surface area (Å²) >= 11 is 0. The van der Waals surface area contributed by atoms with E-state index in [0.717, 1.165) is 54.0 Å². The van der Waals surface area contributed by atoms with Crippen LogP contribution in [-0.4, -0.2) is 34.2 Å². The van der Waals surface area contributed by atoms with Crippen LogP contribution in [0.5, 0.6) is 0 Å². The smallest absolute Gasteiger partial charge is 0.227 e. The number of piperidine rings is 1. The molecule has 1 saturated heterocycles. The van der Waals surface area contributed by atoms with Gasteiger partial charge in [0.1, 0.15) is 0 Å². The van der Waals surface area contributed by atoms with Gasteiger partial charge in [-0.05, 0) is 61.4 Å². The minimum Gasteiger partial charge on any atom is -0.355 e. The maximum atomic E-state index is 12.5. The topological polar surface area (TPSA) is 83.0 Å². The molecule has 0 aliphatic carbocycles. The molecule has 0 spiro atoms. The van der Waals surface area contributed by atoms with Crippen molar-refractivity contribution in [2.75, 3.05) is 28.6 Å². The number of nitrogens with one attached hydrogen (secondary N) is 2. The molecule has 1 fully saturated rings. The monoisotopic (exact) mass is 424 g/mol. The summed E-state index contributed by atoms with van der Waals surface area (Å²) < 4.78 is 0. The molecule has 3 heterocycles. The fourth-order valence-electron chi connectivity index (χ4n) is 4.00. The molecule has 160 valence electrons. The highest BCUT2D eigenvalue weighted by molar-refractivity contribution is 5.92. The quantitative estimate of drug-likeness (QED) is 0.486. The standard InChI is InChI=1S/C25H24N6O/c32-25(28-20-6-2-1-3-7-20)18-12-15-31(16-13-18)24-11-10-23(29-30-24)27-21-8-9-22-19(17-21)5-4-14-26-22/h1-11,14,17-18H,12-13,15-16H2,(H,27,29)(H,28,32). The predicted octanol–water partition coefficient (Wildman–Crippen LogP) is 4.62. The second-order valence-electron chi connectivity index (χ2n) is 7.93. The molecule has 7 nitrogen and oxygen atoms in total. The van der Waals surface area contributed by atoms with Crippen molar-refractivity contribution in [1.82, 2.24) is 15.2 Å². The minimum atomic E-state index is 0.0164. The van der Waals surface area contributed by atoms with Gasteiger partial charge in [0.2, 0.25) is 5.91 Å². The zero-order chi connectivity index (χ0) is 21.8. The molecule has 0 bridgehead atoms. The van der Waals surface area contributed by atoms with E-state index in [9.17, 15) is 4.79 Å². The Morgan fingerprint density at radius 1 is 0.875 bits per heavy atom. The molecular formula is C25H24N6O. The van der Waals surface area contributed by atoms with Crippen LogP contribution in [0.15, 0.2) is 79.0 Å². The molecule has 2 aromatic carbocycles. The van der Waals surface area contributed by atoms with Gasteiger partial charge in [-0.2, -0.15) is 0 Å². The second-order valence-corrected chi connectivity index (χ2v) is 7.93. The summed E-state index contributed by atoms with van der Waals surface area (Å²) in [7, 11) is 0. The van der Waals surface area contributed by atoms with Crippen LogP contribution in [0.2, 0.25) is 0 Å². The van der Waals surface area contributed by atoms with E-state index < -0.39 is 0 Å². The van der Waals surface area contributed by atoms with Crippen LogP contribution in [0.4, 0.5) is 23.0 Å². The van der Waals surface area contributed by atoms with Gasteiger partial charge in [-0.3, -0.25) is 9.78 Å². The Labute approximate surface area is 186 Å². The van der Waals surface area contributed by atoms with E-state index in [0.29, 0.717) is 5.82 Å². The molecule has 32 heavy (non-hydrogen) atoms. The van der Waals surface area contributed by atoms with Crippen molar-refractivity contribution in [3.05, 3.63) is 79.0 Å². The maximum Gasteiger partial charge on any atom is 0.227 e. The van der Waals surface area contributed by atoms with E-state index >= 15 is 0 Å². The fraction of sp³-hybridized carbons (Fsp3) is 0.200. The summed E-state index contributed by atoms with van der Waals surface area (Å²) in [6, 6.07) is 23.5. The molecule has 2 N–H and O–H groups in total. The van der Waals surface area contributed by atoms with E-state index in [1.54, 1.807) is 6.20 Å². The highest BCUT2D eigenvalue weighted by atomic mass is 16.1. The fourth-order valence-corrected chi connectivity index (χ4v) is 4.00. The number of aromatic nitrogens is 3. The molecule has 4 aromatic rings. The first-order chi connectivity index (χ1) is 15.7. The van der Waals surface area contributed by atoms with Crippen molar-refractivity contribution in [3.63, 3.8) is 0 Å². The summed E-state index contributed by atoms with van der Waals surface area (Å²) in [6.07, 6.45) is 3.38. The average Bonchev–Trinajstić information content (AvgIpc) is 2.85. The summed E-state index contributed by atoms with van der Waals surface area (Å²) in [5.74, 6) is 1.63. The van der Waals surface area contributed by atoms with Gasteiger partial charge < -0.3 is 15.5 Å². The third kappa shape index (κ3) is 4.51. The van der Waals surface area contributed by atoms with Gasteiger partial charge in [-0.15, -0.1) is 10.2 Å². The Morgan fingerprint density at radius 2 is 1.72 bits per heavy atom. The molecule has 1 aliphatic rings. The van der Waals surface area contributed by atoms with Crippen LogP contribution in [0.3, 0.4) is 0 Å². The summed E-state index contributed by atoms with van der Waals surface area (Å²) in [5.41, 5.74) is 2.75. The number of hydrogen-bond acceptors (Lipinski definition) is 6. The number of anilines is 4. The average molecular weight is 425 g/mol. The van der Waals surface area contributed by atoms with Crippen molar-refractivity contribution >= 4 is 39.8 Å². The lowest BCUT2D eigenvalue weighted by molar-refractivity contribution is -0.120. The molecule has 1 aliphatic heterocycles. The van der Waals surface area contributed by atoms with Crippen molar-refractivity contribution in [2.45, 2.75) is 12.8 Å². The van der Waals surface area contributed by atoms with Crippen molar-refractivity contribution in [2.24, 2.45) is 5.92 Å². The van der Waals surface area contributed by atoms with Crippen molar-refractivity contribution < 1.29 is 4.79 Å². The number of benzene rings is 2. The lowest BCUT2D eigenvalue weighted by Crippen LogP contribution is -2.38. The predicted molar refractivity (Wildman–Crippen MR) is 127 cm³/mol. The lowest BCUT2D eigenvalue weighted by atomic mass is 9.96. The van der Waals surface area contributed by atoms with Crippen LogP contribution in [0.1, 0.15) is 12.8 Å². The number of rotatable bonds is 5. The van der Waals surface area contributed by atoms with Crippen molar-refractivity contribution in [3.8, 4) is 0 Å². The van der Waals surface area contributed by atoms with E-state index in [1.807, 2.05) is 72.8 Å². The Hall–Kier alpha value is -4.00. The normalized spacial score (nSPS) is 14.3. The van der Waals surface area contributed by atoms with Crippen molar-refractivity contribution in [1.29, 1.82) is 0 Å². The van der Waals surface area contributed by atoms with Crippen LogP contribution < -0.4 is 15.5 Å². The highest BCUT2D eigenvalue weighted by Gasteiger charge is 2.25. The number of fused-ring (bicyclic) bond motifs is 1. The molecule has 5 rings (SSSR count). The minimum absolute atomic E-state index is 0.0164. The second kappa shape index (κ2) is 9.01. The van der Waals surface area contributed by atoms with Gasteiger partial charge >= 0.3 is 0 Å². The van der Waals surface area contributed by atoms with E-state index in [4.69, 9.17) is 0 Å². The van der Waals surface area contributed by atoms with E-state index in [2.05, 4.69) is 30.7 Å². The molecule has 2 aromatic heterocycles. The number of amides is 1. The molecular weight excluding hydrogens is 400 g/mol. The number of hydrogen-bond donors (Lipinski definition) is 2. The molecule has 1 amide bonds. The first-order valence-corrected chi connectivity index (χ1v) is 10.8. The molecule has 0 unspecified atom stereocenters. The Morgan fingerprint density at radius 3 is 2.50 bits per heavy atom. The molecule has 0 saturated carbocycles. The first-order valence-electron chi connectivity index (χ1n) is 10.8. The van der Waals surface area contributed by atoms with Gasteiger partial charge in [0.25, 0.3) is 0 Å². The van der Waals surface area contributed by atoms with Crippen LogP contribution in [0, 0.1) is 5.92 Å². The van der Waals surface area contributed by atoms with Gasteiger partial charge in [-0.1, -0.05) is 24.3 Å². The highest BCUT2D eigenvalue weighted by Crippen LogP contribution is 2.24. The van der Waals surface area contributed by atoms with Gasteiger partial charge in [0.15, 0.2) is 11.6 Å². The maximum absolute atomic E-state index is 12.5. The number of carbonyl (C=O) groups excluding carboxylic acids is 1. The zero-order valence-electron chi connectivity index (χ0n) is 17.6. The van der Waals surface area contributed by atoms with Crippen LogP contribution in [0.25, 0.3) is 10.9 Å². The van der Waals surface area contributed by atoms with Crippen LogP contribution >= 0.6 is 0 Å². The van der Waals surface area contributed by atoms with E-state index in [1.165, 1.54) is 0 Å². The third-order valence-electron chi connectivity index (χ3n) is 5.76. The summed E-state index contributed by atoms with van der Waals surface area (Å²) in [4.78, 5) is 19.1. The Bertz CT molecular complexity index is 1200. The third-order valence-corrected chi connectivity index (χ3v) is 5.76. The SMILES string of the molecule is O=C(Nc1ccccc1)C1CCN(c2ccc(Nc3ccc4ncccc4c3)nn2)CC1. The molecule has 7 heteroatoms. The Balaban J connectivity index is 1.17. The zero-order valence-corrected chi connectivity index (χ0v) is 17.6. The van der Waals surface area contributed by atoms with Crippen LogP contribution in [-0.2, 0) is 4.79 Å². The van der Waals surface area contributed by atoms with E-state index in [-0.39, 0.29) is 11.8 Å². The largest absolute Gasteiger partial charge is 0.355 e. The van der Waals surface area contributed by atoms with Gasteiger partial charge in [0, 0.05) is 42.0 Å². The lowest BCUT2D eigenvalue weighted by Gasteiger charge is -2.31. The Kier molecular flexibility index (Phi) is 5.61. The first kappa shape index (κ1) is 19.9. The van der Waals surface area contributed by atoms with Gasteiger partial charge in [0.05, 0.1) is 5.52 Å². The number of nitrogens with zero attached hydrogens (tertiary/aromatic N) is 4. The molecule has 0 atom stereocenters.